The average molecular weight is 731 g/mol. The van der Waals surface area contributed by atoms with Gasteiger partial charge in [0.15, 0.2) is 0 Å². The second-order valence-electron chi connectivity index (χ2n) is 12.2. The fourth-order valence-corrected chi connectivity index (χ4v) is 13.2. The van der Waals surface area contributed by atoms with E-state index in [1.165, 1.54) is 71.2 Å². The number of hydrogen-bond donors (Lipinski definition) is 0. The summed E-state index contributed by atoms with van der Waals surface area (Å²) in [5, 5.41) is 0. The molecule has 48 heavy (non-hydrogen) atoms. The number of benzene rings is 6. The third-order valence-corrected chi connectivity index (χ3v) is 16.7. The topological polar surface area (TPSA) is 9.23 Å². The lowest BCUT2D eigenvalue weighted by atomic mass is 9.91. The van der Waals surface area contributed by atoms with E-state index in [-0.39, 0.29) is 5.41 Å². The van der Waals surface area contributed by atoms with Gasteiger partial charge in [-0.15, -0.1) is 23.5 Å². The molecule has 9 rings (SSSR count). The van der Waals surface area contributed by atoms with Gasteiger partial charge < -0.3 is 4.74 Å². The molecule has 0 unspecified atom stereocenters. The minimum absolute atomic E-state index is 0.201. The highest BCUT2D eigenvalue weighted by Gasteiger charge is 2.38. The van der Waals surface area contributed by atoms with Crippen molar-refractivity contribution in [2.24, 2.45) is 5.41 Å². The van der Waals surface area contributed by atoms with E-state index in [9.17, 15) is 0 Å². The van der Waals surface area contributed by atoms with Gasteiger partial charge in [0.1, 0.15) is 0 Å². The molecule has 236 valence electrons. The van der Waals surface area contributed by atoms with E-state index in [1.807, 2.05) is 70.6 Å². The number of rotatable bonds is 8. The van der Waals surface area contributed by atoms with Crippen LogP contribution in [0.3, 0.4) is 0 Å². The van der Waals surface area contributed by atoms with E-state index in [1.54, 1.807) is 0 Å². The van der Waals surface area contributed by atoms with Crippen LogP contribution in [0.5, 0.6) is 0 Å². The van der Waals surface area contributed by atoms with Crippen LogP contribution in [0.4, 0.5) is 0 Å². The molecule has 1 fully saturated rings. The van der Waals surface area contributed by atoms with Crippen LogP contribution in [0, 0.1) is 5.41 Å². The molecule has 0 aromatic heterocycles. The van der Waals surface area contributed by atoms with E-state index < -0.39 is 0 Å². The van der Waals surface area contributed by atoms with Crippen LogP contribution in [0.2, 0.25) is 0 Å². The summed E-state index contributed by atoms with van der Waals surface area (Å²) in [4.78, 5) is 13.4. The Kier molecular flexibility index (Phi) is 8.88. The van der Waals surface area contributed by atoms with Gasteiger partial charge in [0, 0.05) is 65.9 Å². The molecule has 6 aromatic rings. The lowest BCUT2D eigenvalue weighted by Gasteiger charge is -2.41. The summed E-state index contributed by atoms with van der Waals surface area (Å²) in [6.07, 6.45) is 0. The third kappa shape index (κ3) is 6.28. The van der Waals surface area contributed by atoms with Crippen molar-refractivity contribution in [2.45, 2.75) is 49.0 Å². The zero-order valence-electron chi connectivity index (χ0n) is 25.9. The molecule has 1 saturated heterocycles. The van der Waals surface area contributed by atoms with Crippen LogP contribution < -0.4 is 0 Å². The Labute approximate surface area is 307 Å². The van der Waals surface area contributed by atoms with E-state index in [2.05, 4.69) is 133 Å². The first-order valence-electron chi connectivity index (χ1n) is 15.9. The van der Waals surface area contributed by atoms with Gasteiger partial charge >= 0.3 is 0 Å². The van der Waals surface area contributed by atoms with Gasteiger partial charge in [0.2, 0.25) is 0 Å². The molecule has 0 bridgehead atoms. The van der Waals surface area contributed by atoms with Gasteiger partial charge in [-0.2, -0.15) is 0 Å². The fourth-order valence-electron chi connectivity index (χ4n) is 6.09. The minimum Gasteiger partial charge on any atom is -0.380 e. The Bertz CT molecular complexity index is 1970. The van der Waals surface area contributed by atoms with Gasteiger partial charge in [-0.1, -0.05) is 120 Å². The standard InChI is InChI=1S/C41H30OS6/c1-3-11-35-33(9-1)45-37-13-5-7-31(39(37)47-35)27-15-19-29(20-16-27)43-25-41(23-42-24-41)26-44-30-21-17-28(18-22-30)32-8-6-14-38-40(32)48-36-12-4-2-10-34(36)46-38/h1-22H,23-26H2. The first-order valence-corrected chi connectivity index (χ1v) is 21.1. The van der Waals surface area contributed by atoms with Gasteiger partial charge in [-0.05, 0) is 82.9 Å². The number of ether oxygens (including phenoxy) is 1. The van der Waals surface area contributed by atoms with E-state index in [4.69, 9.17) is 4.74 Å². The maximum atomic E-state index is 5.79. The van der Waals surface area contributed by atoms with Crippen molar-refractivity contribution < 1.29 is 4.74 Å². The molecular formula is C41H30OS6. The lowest BCUT2D eigenvalue weighted by Crippen LogP contribution is -2.46. The summed E-state index contributed by atoms with van der Waals surface area (Å²) in [6, 6.07) is 49.2. The first-order chi connectivity index (χ1) is 23.7. The Morgan fingerprint density at radius 2 is 0.833 bits per heavy atom. The van der Waals surface area contributed by atoms with E-state index >= 15 is 0 Å². The largest absolute Gasteiger partial charge is 0.380 e. The third-order valence-electron chi connectivity index (χ3n) is 8.76. The Balaban J connectivity index is 0.842. The van der Waals surface area contributed by atoms with E-state index in [0.29, 0.717) is 0 Å². The maximum absolute atomic E-state index is 5.79. The molecular weight excluding hydrogens is 701 g/mol. The normalized spacial score (nSPS) is 15.4. The van der Waals surface area contributed by atoms with Crippen LogP contribution in [0.25, 0.3) is 22.3 Å². The summed E-state index contributed by atoms with van der Waals surface area (Å²) in [5.41, 5.74) is 5.40. The molecule has 0 spiro atoms. The van der Waals surface area contributed by atoms with Crippen molar-refractivity contribution >= 4 is 70.6 Å². The molecule has 0 N–H and O–H groups in total. The minimum atomic E-state index is 0.201. The molecule has 0 radical (unpaired) electrons. The summed E-state index contributed by atoms with van der Waals surface area (Å²) in [7, 11) is 0. The summed E-state index contributed by atoms with van der Waals surface area (Å²) in [5.74, 6) is 2.13. The van der Waals surface area contributed by atoms with Gasteiger partial charge in [0.25, 0.3) is 0 Å². The van der Waals surface area contributed by atoms with Crippen molar-refractivity contribution in [3.63, 3.8) is 0 Å². The van der Waals surface area contributed by atoms with E-state index in [0.717, 1.165) is 24.7 Å². The lowest BCUT2D eigenvalue weighted by molar-refractivity contribution is -0.0830. The predicted molar refractivity (Wildman–Crippen MR) is 208 cm³/mol. The van der Waals surface area contributed by atoms with Gasteiger partial charge in [-0.25, -0.2) is 0 Å². The molecule has 0 saturated carbocycles. The molecule has 0 atom stereocenters. The second kappa shape index (κ2) is 13.6. The monoisotopic (exact) mass is 730 g/mol. The smallest absolute Gasteiger partial charge is 0.0561 e. The van der Waals surface area contributed by atoms with Crippen LogP contribution >= 0.6 is 70.6 Å². The van der Waals surface area contributed by atoms with Gasteiger partial charge in [0.05, 0.1) is 13.2 Å². The Morgan fingerprint density at radius 1 is 0.438 bits per heavy atom. The summed E-state index contributed by atoms with van der Waals surface area (Å²) >= 11 is 11.5. The quantitative estimate of drug-likeness (QED) is 0.142. The maximum Gasteiger partial charge on any atom is 0.0561 e. The fraction of sp³-hybridized carbons (Fsp3) is 0.122. The molecule has 7 heteroatoms. The molecule has 3 aliphatic rings. The second-order valence-corrected chi connectivity index (χ2v) is 18.6. The van der Waals surface area contributed by atoms with Crippen LogP contribution in [-0.4, -0.2) is 24.7 Å². The Hall–Kier alpha value is -2.62. The van der Waals surface area contributed by atoms with Crippen molar-refractivity contribution in [3.05, 3.63) is 133 Å². The van der Waals surface area contributed by atoms with Crippen LogP contribution in [-0.2, 0) is 4.74 Å². The first kappa shape index (κ1) is 31.4. The average Bonchev–Trinajstić information content (AvgIpc) is 3.12. The van der Waals surface area contributed by atoms with Crippen LogP contribution in [0.15, 0.2) is 182 Å². The van der Waals surface area contributed by atoms with Crippen molar-refractivity contribution in [1.29, 1.82) is 0 Å². The highest BCUT2D eigenvalue weighted by molar-refractivity contribution is 8.05. The molecule has 0 aliphatic carbocycles. The predicted octanol–water partition coefficient (Wildman–Crippen LogP) is 13.2. The highest BCUT2D eigenvalue weighted by atomic mass is 32.2. The number of thioether (sulfide) groups is 2. The SMILES string of the molecule is c1ccc2c(c1)Sc1cccc(-c3ccc(SCC4(CSc5ccc(-c6cccc7c6Sc6ccccc6S7)cc5)COC4)cc3)c1S2. The van der Waals surface area contributed by atoms with Crippen molar-refractivity contribution in [1.82, 2.24) is 0 Å². The summed E-state index contributed by atoms with van der Waals surface area (Å²) < 4.78 is 5.79. The molecule has 3 heterocycles. The molecule has 6 aromatic carbocycles. The van der Waals surface area contributed by atoms with Gasteiger partial charge in [-0.3, -0.25) is 0 Å². The molecule has 1 nitrogen and oxygen atoms in total. The molecule has 0 amide bonds. The van der Waals surface area contributed by atoms with Crippen molar-refractivity contribution in [2.75, 3.05) is 24.7 Å². The zero-order chi connectivity index (χ0) is 31.9. The number of hydrogen-bond acceptors (Lipinski definition) is 7. The highest BCUT2D eigenvalue weighted by Crippen LogP contribution is 2.53. The van der Waals surface area contributed by atoms with Crippen molar-refractivity contribution in [3.8, 4) is 22.3 Å². The van der Waals surface area contributed by atoms with Crippen LogP contribution in [0.1, 0.15) is 0 Å². The Morgan fingerprint density at radius 3 is 1.23 bits per heavy atom. The zero-order valence-corrected chi connectivity index (χ0v) is 30.8. The summed E-state index contributed by atoms with van der Waals surface area (Å²) in [6.45, 7) is 1.67. The number of fused-ring (bicyclic) bond motifs is 4. The molecule has 3 aliphatic heterocycles.